The van der Waals surface area contributed by atoms with Crippen LogP contribution < -0.4 is 0 Å². The van der Waals surface area contributed by atoms with E-state index in [1.807, 2.05) is 24.3 Å². The predicted octanol–water partition coefficient (Wildman–Crippen LogP) is 5.10. The molecule has 2 N–H and O–H groups in total. The SMILES string of the molecule is O[C@@H](CSCc1ccc(Br)cc1)[C@@H](O)CSCc1ccc(Br)cc1. The Morgan fingerprint density at radius 1 is 0.667 bits per heavy atom. The Balaban J connectivity index is 1.63. The Hall–Kier alpha value is 0.0200. The summed E-state index contributed by atoms with van der Waals surface area (Å²) in [4.78, 5) is 0. The van der Waals surface area contributed by atoms with Crippen molar-refractivity contribution in [1.82, 2.24) is 0 Å². The molecule has 0 aromatic heterocycles. The van der Waals surface area contributed by atoms with Crippen LogP contribution in [0.3, 0.4) is 0 Å². The summed E-state index contributed by atoms with van der Waals surface area (Å²) in [7, 11) is 0. The molecular weight excluding hydrogens is 472 g/mol. The van der Waals surface area contributed by atoms with Crippen LogP contribution in [0.1, 0.15) is 11.1 Å². The van der Waals surface area contributed by atoms with Gasteiger partial charge in [0.1, 0.15) is 0 Å². The van der Waals surface area contributed by atoms with E-state index in [2.05, 4.69) is 56.1 Å². The van der Waals surface area contributed by atoms with Crippen LogP contribution in [-0.2, 0) is 11.5 Å². The third-order valence-electron chi connectivity index (χ3n) is 3.39. The number of aliphatic hydroxyl groups excluding tert-OH is 2. The van der Waals surface area contributed by atoms with E-state index in [0.717, 1.165) is 20.5 Å². The summed E-state index contributed by atoms with van der Waals surface area (Å²) in [6, 6.07) is 16.3. The highest BCUT2D eigenvalue weighted by molar-refractivity contribution is 9.10. The van der Waals surface area contributed by atoms with E-state index in [0.29, 0.717) is 11.5 Å². The molecule has 0 saturated heterocycles. The molecule has 2 aromatic rings. The zero-order valence-electron chi connectivity index (χ0n) is 13.1. The normalized spacial score (nSPS) is 13.7. The molecule has 6 heteroatoms. The fraction of sp³-hybridized carbons (Fsp3) is 0.333. The van der Waals surface area contributed by atoms with Crippen molar-refractivity contribution in [2.24, 2.45) is 0 Å². The van der Waals surface area contributed by atoms with Crippen LogP contribution in [0.25, 0.3) is 0 Å². The van der Waals surface area contributed by atoms with Crippen molar-refractivity contribution in [2.45, 2.75) is 23.7 Å². The number of benzene rings is 2. The predicted molar refractivity (Wildman–Crippen MR) is 113 cm³/mol. The molecule has 0 spiro atoms. The first kappa shape index (κ1) is 20.3. The minimum atomic E-state index is -0.692. The van der Waals surface area contributed by atoms with E-state index < -0.39 is 12.2 Å². The summed E-state index contributed by atoms with van der Waals surface area (Å²) in [5, 5.41) is 20.2. The molecule has 130 valence electrons. The minimum absolute atomic E-state index is 0.538. The Kier molecular flexibility index (Phi) is 9.22. The number of hydrogen-bond acceptors (Lipinski definition) is 4. The maximum Gasteiger partial charge on any atom is 0.0897 e. The quantitative estimate of drug-likeness (QED) is 0.511. The van der Waals surface area contributed by atoms with Gasteiger partial charge in [0, 0.05) is 32.0 Å². The molecule has 0 aliphatic heterocycles. The number of aliphatic hydroxyl groups is 2. The molecular formula is C18H20Br2O2S2. The van der Waals surface area contributed by atoms with E-state index in [1.54, 1.807) is 23.5 Å². The van der Waals surface area contributed by atoms with Crippen molar-refractivity contribution >= 4 is 55.4 Å². The van der Waals surface area contributed by atoms with Crippen LogP contribution >= 0.6 is 55.4 Å². The second-order valence-corrected chi connectivity index (χ2v) is 9.31. The average molecular weight is 492 g/mol. The van der Waals surface area contributed by atoms with E-state index >= 15 is 0 Å². The highest BCUT2D eigenvalue weighted by Crippen LogP contribution is 2.20. The Morgan fingerprint density at radius 2 is 1.00 bits per heavy atom. The van der Waals surface area contributed by atoms with Crippen molar-refractivity contribution in [3.8, 4) is 0 Å². The summed E-state index contributed by atoms with van der Waals surface area (Å²) in [5.41, 5.74) is 2.43. The number of halogens is 2. The zero-order chi connectivity index (χ0) is 17.4. The number of hydrogen-bond donors (Lipinski definition) is 2. The van der Waals surface area contributed by atoms with Crippen LogP contribution in [-0.4, -0.2) is 33.9 Å². The lowest BCUT2D eigenvalue weighted by Crippen LogP contribution is -2.30. The first-order chi connectivity index (χ1) is 11.5. The van der Waals surface area contributed by atoms with Crippen LogP contribution in [0.4, 0.5) is 0 Å². The molecule has 2 nitrogen and oxygen atoms in total. The van der Waals surface area contributed by atoms with Crippen LogP contribution in [0.2, 0.25) is 0 Å². The third-order valence-corrected chi connectivity index (χ3v) is 6.67. The fourth-order valence-corrected chi connectivity index (χ4v) is 4.53. The third kappa shape index (κ3) is 7.50. The van der Waals surface area contributed by atoms with Gasteiger partial charge >= 0.3 is 0 Å². The lowest BCUT2D eigenvalue weighted by atomic mass is 10.2. The van der Waals surface area contributed by atoms with E-state index in [-0.39, 0.29) is 0 Å². The fourth-order valence-electron chi connectivity index (χ4n) is 1.98. The molecule has 0 radical (unpaired) electrons. The molecule has 0 fully saturated rings. The van der Waals surface area contributed by atoms with Crippen LogP contribution in [0.15, 0.2) is 57.5 Å². The lowest BCUT2D eigenvalue weighted by Gasteiger charge is -2.17. The van der Waals surface area contributed by atoms with Gasteiger partial charge in [-0.2, -0.15) is 23.5 Å². The van der Waals surface area contributed by atoms with Gasteiger partial charge in [-0.15, -0.1) is 0 Å². The first-order valence-corrected chi connectivity index (χ1v) is 11.4. The molecule has 0 aliphatic rings. The largest absolute Gasteiger partial charge is 0.390 e. The number of thioether (sulfide) groups is 2. The Morgan fingerprint density at radius 3 is 1.33 bits per heavy atom. The summed E-state index contributed by atoms with van der Waals surface area (Å²) in [6.45, 7) is 0. The van der Waals surface area contributed by atoms with Gasteiger partial charge in [-0.25, -0.2) is 0 Å². The van der Waals surface area contributed by atoms with Crippen molar-refractivity contribution in [1.29, 1.82) is 0 Å². The smallest absolute Gasteiger partial charge is 0.0897 e. The maximum atomic E-state index is 10.1. The van der Waals surface area contributed by atoms with Gasteiger partial charge in [0.05, 0.1) is 12.2 Å². The molecule has 0 bridgehead atoms. The van der Waals surface area contributed by atoms with Gasteiger partial charge in [-0.3, -0.25) is 0 Å². The van der Waals surface area contributed by atoms with E-state index in [4.69, 9.17) is 0 Å². The second kappa shape index (κ2) is 10.9. The van der Waals surface area contributed by atoms with Gasteiger partial charge in [-0.1, -0.05) is 56.1 Å². The standard InChI is InChI=1S/C18H20Br2O2S2/c19-15-5-1-13(2-6-15)9-23-11-17(21)18(22)12-24-10-14-3-7-16(20)8-4-14/h1-8,17-18,21-22H,9-12H2/t17-,18-/m0/s1. The van der Waals surface area contributed by atoms with Crippen LogP contribution in [0.5, 0.6) is 0 Å². The van der Waals surface area contributed by atoms with Crippen LogP contribution in [0, 0.1) is 0 Å². The van der Waals surface area contributed by atoms with E-state index in [1.165, 1.54) is 11.1 Å². The minimum Gasteiger partial charge on any atom is -0.390 e. The molecule has 24 heavy (non-hydrogen) atoms. The molecule has 0 aliphatic carbocycles. The molecule has 0 heterocycles. The second-order valence-electron chi connectivity index (χ2n) is 5.42. The summed E-state index contributed by atoms with van der Waals surface area (Å²) < 4.78 is 2.13. The van der Waals surface area contributed by atoms with Gasteiger partial charge in [0.25, 0.3) is 0 Å². The summed E-state index contributed by atoms with van der Waals surface area (Å²) in [6.07, 6.45) is -1.38. The Labute approximate surface area is 168 Å². The maximum absolute atomic E-state index is 10.1. The summed E-state index contributed by atoms with van der Waals surface area (Å²) >= 11 is 10.1. The average Bonchev–Trinajstić information content (AvgIpc) is 2.58. The molecule has 0 amide bonds. The topological polar surface area (TPSA) is 40.5 Å². The molecule has 2 aromatic carbocycles. The first-order valence-electron chi connectivity index (χ1n) is 7.55. The van der Waals surface area contributed by atoms with Crippen molar-refractivity contribution in [3.63, 3.8) is 0 Å². The van der Waals surface area contributed by atoms with Crippen molar-refractivity contribution in [2.75, 3.05) is 11.5 Å². The molecule has 0 saturated carbocycles. The van der Waals surface area contributed by atoms with Gasteiger partial charge in [-0.05, 0) is 35.4 Å². The Bertz CT molecular complexity index is 550. The van der Waals surface area contributed by atoms with Gasteiger partial charge in [0.2, 0.25) is 0 Å². The number of rotatable bonds is 9. The van der Waals surface area contributed by atoms with Gasteiger partial charge < -0.3 is 10.2 Å². The van der Waals surface area contributed by atoms with E-state index in [9.17, 15) is 10.2 Å². The summed E-state index contributed by atoms with van der Waals surface area (Å²) in [5.74, 6) is 2.75. The monoisotopic (exact) mass is 490 g/mol. The highest BCUT2D eigenvalue weighted by atomic mass is 79.9. The van der Waals surface area contributed by atoms with Crippen molar-refractivity contribution in [3.05, 3.63) is 68.6 Å². The lowest BCUT2D eigenvalue weighted by molar-refractivity contribution is 0.0500. The zero-order valence-corrected chi connectivity index (χ0v) is 17.9. The molecule has 0 unspecified atom stereocenters. The molecule has 2 rings (SSSR count). The van der Waals surface area contributed by atoms with Crippen molar-refractivity contribution < 1.29 is 10.2 Å². The molecule has 2 atom stereocenters. The van der Waals surface area contributed by atoms with Gasteiger partial charge in [0.15, 0.2) is 0 Å². The highest BCUT2D eigenvalue weighted by Gasteiger charge is 2.16.